The van der Waals surface area contributed by atoms with E-state index in [1.54, 1.807) is 0 Å². The summed E-state index contributed by atoms with van der Waals surface area (Å²) in [7, 11) is 0. The van der Waals surface area contributed by atoms with Gasteiger partial charge in [-0.2, -0.15) is 0 Å². The molecule has 1 aliphatic rings. The maximum Gasteiger partial charge on any atom is 0.141 e. The summed E-state index contributed by atoms with van der Waals surface area (Å²) < 4.78 is 0. The first-order chi connectivity index (χ1) is 6.07. The molecule has 1 N–H and O–H groups in total. The van der Waals surface area contributed by atoms with E-state index in [-0.39, 0.29) is 24.2 Å². The quantitative estimate of drug-likeness (QED) is 0.711. The molecule has 2 heteroatoms. The normalized spacial score (nSPS) is 35.5. The van der Waals surface area contributed by atoms with Gasteiger partial charge in [0.1, 0.15) is 5.78 Å². The first-order valence-electron chi connectivity index (χ1n) is 5.22. The Bertz CT molecular complexity index is 187. The molecule has 1 rings (SSSR count). The van der Waals surface area contributed by atoms with Crippen molar-refractivity contribution in [2.24, 2.45) is 23.7 Å². The van der Waals surface area contributed by atoms with Gasteiger partial charge in [-0.05, 0) is 24.7 Å². The number of carbonyl (C=O) groups is 1. The molecule has 0 spiro atoms. The summed E-state index contributed by atoms with van der Waals surface area (Å²) >= 11 is 0. The lowest BCUT2D eigenvalue weighted by molar-refractivity contribution is -0.133. The Labute approximate surface area is 80.3 Å². The van der Waals surface area contributed by atoms with Crippen LogP contribution in [-0.4, -0.2) is 17.5 Å². The molecule has 13 heavy (non-hydrogen) atoms. The van der Waals surface area contributed by atoms with Gasteiger partial charge in [-0.3, -0.25) is 4.79 Å². The molecule has 1 saturated carbocycles. The summed E-state index contributed by atoms with van der Waals surface area (Å²) in [4.78, 5) is 11.7. The van der Waals surface area contributed by atoms with Gasteiger partial charge >= 0.3 is 0 Å². The van der Waals surface area contributed by atoms with E-state index in [0.717, 1.165) is 12.8 Å². The van der Waals surface area contributed by atoms with E-state index in [9.17, 15) is 9.90 Å². The highest BCUT2D eigenvalue weighted by atomic mass is 16.3. The molecule has 3 atom stereocenters. The lowest BCUT2D eigenvalue weighted by Crippen LogP contribution is -2.38. The number of hydrogen-bond acceptors (Lipinski definition) is 2. The van der Waals surface area contributed by atoms with Crippen LogP contribution in [-0.2, 0) is 4.79 Å². The second-order valence-electron chi connectivity index (χ2n) is 4.58. The maximum absolute atomic E-state index is 11.7. The molecular weight excluding hydrogens is 164 g/mol. The van der Waals surface area contributed by atoms with E-state index < -0.39 is 0 Å². The molecule has 1 aliphatic carbocycles. The largest absolute Gasteiger partial charge is 0.396 e. The molecule has 0 aliphatic heterocycles. The van der Waals surface area contributed by atoms with E-state index >= 15 is 0 Å². The Balaban J connectivity index is 2.72. The minimum absolute atomic E-state index is 0.0337. The van der Waals surface area contributed by atoms with Crippen LogP contribution in [0.3, 0.4) is 0 Å². The van der Waals surface area contributed by atoms with E-state index in [2.05, 4.69) is 13.8 Å². The third kappa shape index (κ3) is 2.11. The molecule has 1 fully saturated rings. The van der Waals surface area contributed by atoms with E-state index in [4.69, 9.17) is 0 Å². The number of hydrogen-bond donors (Lipinski definition) is 1. The molecule has 0 amide bonds. The Morgan fingerprint density at radius 2 is 2.08 bits per heavy atom. The predicted molar refractivity (Wildman–Crippen MR) is 52.3 cm³/mol. The van der Waals surface area contributed by atoms with Crippen molar-refractivity contribution < 1.29 is 9.90 Å². The monoisotopic (exact) mass is 184 g/mol. The molecule has 0 aromatic heterocycles. The number of carbonyl (C=O) groups excluding carboxylic acids is 1. The third-order valence-corrected chi connectivity index (χ3v) is 3.35. The van der Waals surface area contributed by atoms with Crippen LogP contribution in [0, 0.1) is 23.7 Å². The summed E-state index contributed by atoms with van der Waals surface area (Å²) in [5.41, 5.74) is 0. The number of rotatable bonds is 2. The number of aliphatic hydroxyl groups is 1. The summed E-state index contributed by atoms with van der Waals surface area (Å²) in [5, 5.41) is 9.18. The van der Waals surface area contributed by atoms with Gasteiger partial charge in [-0.1, -0.05) is 20.8 Å². The number of ketones is 1. The summed E-state index contributed by atoms with van der Waals surface area (Å²) in [6, 6.07) is 0. The molecule has 0 bridgehead atoms. The zero-order chi connectivity index (χ0) is 10.0. The third-order valence-electron chi connectivity index (χ3n) is 3.35. The first-order valence-corrected chi connectivity index (χ1v) is 5.22. The molecule has 0 radical (unpaired) electrons. The van der Waals surface area contributed by atoms with Crippen LogP contribution < -0.4 is 0 Å². The Morgan fingerprint density at radius 3 is 2.54 bits per heavy atom. The molecule has 0 saturated heterocycles. The highest BCUT2D eigenvalue weighted by Crippen LogP contribution is 2.35. The second-order valence-corrected chi connectivity index (χ2v) is 4.58. The van der Waals surface area contributed by atoms with Crippen molar-refractivity contribution in [2.45, 2.75) is 33.6 Å². The zero-order valence-electron chi connectivity index (χ0n) is 8.79. The van der Waals surface area contributed by atoms with Gasteiger partial charge in [-0.15, -0.1) is 0 Å². The van der Waals surface area contributed by atoms with Crippen LogP contribution >= 0.6 is 0 Å². The SMILES string of the molecule is CC(C)[C@@H]1CC[C@H](C)C(=O)[C@H]1CO. The van der Waals surface area contributed by atoms with Gasteiger partial charge in [0.15, 0.2) is 0 Å². The standard InChI is InChI=1S/C11H20O2/c1-7(2)9-5-4-8(3)11(13)10(9)6-12/h7-10,12H,4-6H2,1-3H3/t8-,9-,10-/m0/s1. The van der Waals surface area contributed by atoms with E-state index in [1.165, 1.54) is 0 Å². The van der Waals surface area contributed by atoms with Crippen LogP contribution in [0.2, 0.25) is 0 Å². The van der Waals surface area contributed by atoms with Crippen LogP contribution in [0.25, 0.3) is 0 Å². The van der Waals surface area contributed by atoms with Gasteiger partial charge in [-0.25, -0.2) is 0 Å². The van der Waals surface area contributed by atoms with Gasteiger partial charge < -0.3 is 5.11 Å². The molecule has 2 nitrogen and oxygen atoms in total. The summed E-state index contributed by atoms with van der Waals surface area (Å²) in [6.07, 6.45) is 2.09. The maximum atomic E-state index is 11.7. The second kappa shape index (κ2) is 4.23. The topological polar surface area (TPSA) is 37.3 Å². The Kier molecular flexibility index (Phi) is 3.48. The lowest BCUT2D eigenvalue weighted by Gasteiger charge is -2.34. The fourth-order valence-electron chi connectivity index (χ4n) is 2.39. The molecule has 0 aromatic rings. The van der Waals surface area contributed by atoms with Crippen LogP contribution in [0.5, 0.6) is 0 Å². The van der Waals surface area contributed by atoms with Gasteiger partial charge in [0.05, 0.1) is 6.61 Å². The lowest BCUT2D eigenvalue weighted by atomic mass is 9.69. The fraction of sp³-hybridized carbons (Fsp3) is 0.909. The van der Waals surface area contributed by atoms with Crippen molar-refractivity contribution in [1.29, 1.82) is 0 Å². The fourth-order valence-corrected chi connectivity index (χ4v) is 2.39. The minimum Gasteiger partial charge on any atom is -0.396 e. The smallest absolute Gasteiger partial charge is 0.141 e. The van der Waals surface area contributed by atoms with Crippen LogP contribution in [0.15, 0.2) is 0 Å². The van der Waals surface area contributed by atoms with Gasteiger partial charge in [0, 0.05) is 11.8 Å². The average molecular weight is 184 g/mol. The van der Waals surface area contributed by atoms with Crippen molar-refractivity contribution in [3.63, 3.8) is 0 Å². The molecular formula is C11H20O2. The molecule has 76 valence electrons. The Morgan fingerprint density at radius 1 is 1.46 bits per heavy atom. The highest BCUT2D eigenvalue weighted by molar-refractivity contribution is 5.84. The number of Topliss-reactive ketones (excluding diaryl/α,β-unsaturated/α-hetero) is 1. The van der Waals surface area contributed by atoms with Gasteiger partial charge in [0.2, 0.25) is 0 Å². The molecule has 0 unspecified atom stereocenters. The molecule has 0 aromatic carbocycles. The van der Waals surface area contributed by atoms with Gasteiger partial charge in [0.25, 0.3) is 0 Å². The zero-order valence-corrected chi connectivity index (χ0v) is 8.79. The van der Waals surface area contributed by atoms with Crippen molar-refractivity contribution in [1.82, 2.24) is 0 Å². The highest BCUT2D eigenvalue weighted by Gasteiger charge is 2.36. The van der Waals surface area contributed by atoms with Crippen molar-refractivity contribution >= 4 is 5.78 Å². The average Bonchev–Trinajstić information content (AvgIpc) is 2.09. The summed E-state index contributed by atoms with van der Waals surface area (Å²) in [5.74, 6) is 1.24. The first kappa shape index (κ1) is 10.7. The molecule has 0 heterocycles. The van der Waals surface area contributed by atoms with Crippen LogP contribution in [0.1, 0.15) is 33.6 Å². The van der Waals surface area contributed by atoms with E-state index in [0.29, 0.717) is 11.8 Å². The summed E-state index contributed by atoms with van der Waals surface area (Å²) in [6.45, 7) is 6.28. The minimum atomic E-state index is -0.0938. The van der Waals surface area contributed by atoms with Crippen molar-refractivity contribution in [3.05, 3.63) is 0 Å². The van der Waals surface area contributed by atoms with Crippen LogP contribution in [0.4, 0.5) is 0 Å². The van der Waals surface area contributed by atoms with Crippen molar-refractivity contribution in [3.8, 4) is 0 Å². The number of aliphatic hydroxyl groups excluding tert-OH is 1. The van der Waals surface area contributed by atoms with Crippen molar-refractivity contribution in [2.75, 3.05) is 6.61 Å². The van der Waals surface area contributed by atoms with E-state index in [1.807, 2.05) is 6.92 Å². The Hall–Kier alpha value is -0.370. The predicted octanol–water partition coefficient (Wildman–Crippen LogP) is 1.87.